The molecule has 3 aromatic carbocycles. The van der Waals surface area contributed by atoms with Gasteiger partial charge in [0.05, 0.1) is 23.7 Å². The van der Waals surface area contributed by atoms with E-state index in [0.717, 1.165) is 98.1 Å². The number of carboxylic acid groups (broad SMARTS) is 1. The molecule has 1 atom stereocenters. The van der Waals surface area contributed by atoms with Gasteiger partial charge in [-0.15, -0.1) is 11.3 Å². The lowest BCUT2D eigenvalue weighted by atomic mass is 9.82. The Morgan fingerprint density at radius 3 is 2.17 bits per heavy atom. The van der Waals surface area contributed by atoms with Crippen LogP contribution in [0.25, 0.3) is 0 Å². The minimum Gasteiger partial charge on any atom is -0.481 e. The second-order valence-electron chi connectivity index (χ2n) is 16.8. The highest BCUT2D eigenvalue weighted by Crippen LogP contribution is 2.39. The van der Waals surface area contributed by atoms with Crippen LogP contribution in [-0.2, 0) is 46.6 Å². The summed E-state index contributed by atoms with van der Waals surface area (Å²) in [5.74, 6) is -1.54. The van der Waals surface area contributed by atoms with E-state index in [1.54, 1.807) is 32.0 Å². The van der Waals surface area contributed by atoms with Crippen molar-refractivity contribution in [3.8, 4) is 0 Å². The largest absolute Gasteiger partial charge is 0.481 e. The molecule has 310 valence electrons. The van der Waals surface area contributed by atoms with Gasteiger partial charge in [0.1, 0.15) is 5.00 Å². The van der Waals surface area contributed by atoms with Crippen LogP contribution in [0.3, 0.4) is 0 Å². The number of anilines is 2. The topological polar surface area (TPSA) is 145 Å². The van der Waals surface area contributed by atoms with Gasteiger partial charge in [-0.1, -0.05) is 36.4 Å². The number of fused-ring (bicyclic) bond motifs is 4. The minimum atomic E-state index is -1.01. The highest BCUT2D eigenvalue weighted by Gasteiger charge is 2.40. The number of piperidine rings is 3. The lowest BCUT2D eigenvalue weighted by Gasteiger charge is -2.49. The van der Waals surface area contributed by atoms with E-state index in [9.17, 15) is 29.1 Å². The first kappa shape index (κ1) is 41.8. The van der Waals surface area contributed by atoms with Crippen LogP contribution in [0.5, 0.6) is 0 Å². The maximum Gasteiger partial charge on any atom is 0.337 e. The summed E-state index contributed by atoms with van der Waals surface area (Å²) in [6.07, 6.45) is 7.66. The molecule has 11 nitrogen and oxygen atoms in total. The van der Waals surface area contributed by atoms with Gasteiger partial charge in [0.25, 0.3) is 11.8 Å². The van der Waals surface area contributed by atoms with Crippen molar-refractivity contribution in [2.45, 2.75) is 90.6 Å². The van der Waals surface area contributed by atoms with Gasteiger partial charge >= 0.3 is 11.9 Å². The van der Waals surface area contributed by atoms with Crippen LogP contribution in [0, 0.1) is 11.3 Å². The molecule has 1 aromatic heterocycles. The van der Waals surface area contributed by atoms with Crippen LogP contribution in [0.2, 0.25) is 0 Å². The summed E-state index contributed by atoms with van der Waals surface area (Å²) in [5.41, 5.74) is 5.15. The maximum atomic E-state index is 14.0. The zero-order valence-electron chi connectivity index (χ0n) is 34.2. The molecule has 0 saturated carbocycles. The van der Waals surface area contributed by atoms with Gasteiger partial charge in [-0.2, -0.15) is 0 Å². The standard InChI is InChI=1S/C47H54N4O7S/c1-47(2,46(56)57)24-21-40(52)51(38-29-50-25-22-33(38)23-26-50)28-32-7-6-8-35(27-32)42(53)49-44-41(37-9-4-5-10-39(37)59-44)43(54)48-36-19-15-31(16-20-36)12-11-30-13-17-34(18-14-30)45(55)58-3/h6-8,13-20,27,33,38H,4-5,9-12,21-26,28-29H2,1-3H3,(H,48,54)(H,49,53)(H,56,57)/t38-/m1/s1. The molecule has 1 aliphatic carbocycles. The van der Waals surface area contributed by atoms with Crippen LogP contribution >= 0.6 is 11.3 Å². The number of esters is 1. The highest BCUT2D eigenvalue weighted by atomic mass is 32.1. The van der Waals surface area contributed by atoms with E-state index in [2.05, 4.69) is 15.5 Å². The number of thiophene rings is 1. The second kappa shape index (κ2) is 18.3. The average Bonchev–Trinajstić information content (AvgIpc) is 3.62. The number of hydrogen-bond donors (Lipinski definition) is 3. The molecule has 4 aliphatic rings. The normalized spacial score (nSPS) is 18.4. The number of amides is 3. The summed E-state index contributed by atoms with van der Waals surface area (Å²) in [6.45, 7) is 6.49. The first-order valence-electron chi connectivity index (χ1n) is 20.8. The van der Waals surface area contributed by atoms with Crippen molar-refractivity contribution >= 4 is 51.7 Å². The number of hydrogen-bond acceptors (Lipinski definition) is 8. The van der Waals surface area contributed by atoms with Crippen molar-refractivity contribution in [1.82, 2.24) is 9.80 Å². The zero-order valence-corrected chi connectivity index (χ0v) is 35.0. The summed E-state index contributed by atoms with van der Waals surface area (Å²) in [5, 5.41) is 16.4. The number of carbonyl (C=O) groups excluding carboxylic acids is 4. The van der Waals surface area contributed by atoms with Crippen LogP contribution in [0.15, 0.2) is 72.8 Å². The predicted octanol–water partition coefficient (Wildman–Crippen LogP) is 8.02. The van der Waals surface area contributed by atoms with Crippen LogP contribution in [0.4, 0.5) is 10.7 Å². The fourth-order valence-electron chi connectivity index (χ4n) is 8.59. The molecule has 0 spiro atoms. The van der Waals surface area contributed by atoms with Crippen LogP contribution in [-0.4, -0.2) is 77.4 Å². The molecular formula is C47H54N4O7S. The van der Waals surface area contributed by atoms with E-state index < -0.39 is 11.4 Å². The molecule has 4 aromatic rings. The third-order valence-electron chi connectivity index (χ3n) is 12.3. The summed E-state index contributed by atoms with van der Waals surface area (Å²) in [4.78, 5) is 70.9. The Morgan fingerprint density at radius 1 is 0.847 bits per heavy atom. The Kier molecular flexibility index (Phi) is 13.0. The van der Waals surface area contributed by atoms with Gasteiger partial charge in [-0.3, -0.25) is 19.2 Å². The number of rotatable bonds is 15. The fraction of sp³-hybridized carbons (Fsp3) is 0.426. The van der Waals surface area contributed by atoms with E-state index in [1.807, 2.05) is 59.5 Å². The van der Waals surface area contributed by atoms with Gasteiger partial charge in [-0.25, -0.2) is 4.79 Å². The Bertz CT molecular complexity index is 2190. The lowest BCUT2D eigenvalue weighted by molar-refractivity contribution is -0.148. The van der Waals surface area contributed by atoms with Crippen LogP contribution in [0.1, 0.15) is 111 Å². The number of ether oxygens (including phenoxy) is 1. The van der Waals surface area contributed by atoms with Crippen molar-refractivity contribution in [2.24, 2.45) is 11.3 Å². The SMILES string of the molecule is COC(=O)c1ccc(CCc2ccc(NC(=O)c3c(NC(=O)c4cccc(CN(C(=O)CCC(C)(C)C(=O)O)[C@@H]5CN6CCC5CC6)c4)sc4c3CCCC4)cc2)cc1. The summed E-state index contributed by atoms with van der Waals surface area (Å²) >= 11 is 1.47. The molecule has 8 rings (SSSR count). The van der Waals surface area contributed by atoms with Gasteiger partial charge in [0.15, 0.2) is 0 Å². The highest BCUT2D eigenvalue weighted by molar-refractivity contribution is 7.17. The number of methoxy groups -OCH3 is 1. The third-order valence-corrected chi connectivity index (χ3v) is 13.5. The first-order chi connectivity index (χ1) is 28.4. The van der Waals surface area contributed by atoms with E-state index in [1.165, 1.54) is 18.4 Å². The Labute approximate surface area is 350 Å². The van der Waals surface area contributed by atoms with E-state index in [4.69, 9.17) is 4.74 Å². The Balaban J connectivity index is 1.03. The molecule has 3 aliphatic heterocycles. The molecule has 59 heavy (non-hydrogen) atoms. The first-order valence-corrected chi connectivity index (χ1v) is 21.6. The molecule has 12 heteroatoms. The van der Waals surface area contributed by atoms with Gasteiger partial charge < -0.3 is 30.3 Å². The molecule has 4 heterocycles. The summed E-state index contributed by atoms with van der Waals surface area (Å²) in [6, 6.07) is 22.6. The van der Waals surface area contributed by atoms with E-state index in [-0.39, 0.29) is 42.6 Å². The summed E-state index contributed by atoms with van der Waals surface area (Å²) in [7, 11) is 1.37. The zero-order chi connectivity index (χ0) is 41.7. The molecule has 2 bridgehead atoms. The van der Waals surface area contributed by atoms with Gasteiger partial charge in [0.2, 0.25) is 5.91 Å². The number of nitrogens with zero attached hydrogens (tertiary/aromatic N) is 2. The minimum absolute atomic E-state index is 0.0312. The number of nitrogens with one attached hydrogen (secondary N) is 2. The molecule has 0 radical (unpaired) electrons. The smallest absolute Gasteiger partial charge is 0.337 e. The molecule has 0 unspecified atom stereocenters. The lowest BCUT2D eigenvalue weighted by Crippen LogP contribution is -2.58. The molecule has 3 saturated heterocycles. The number of aryl methyl sites for hydroxylation is 3. The molecule has 3 amide bonds. The summed E-state index contributed by atoms with van der Waals surface area (Å²) < 4.78 is 4.79. The Morgan fingerprint density at radius 2 is 1.53 bits per heavy atom. The van der Waals surface area contributed by atoms with Crippen LogP contribution < -0.4 is 10.6 Å². The van der Waals surface area contributed by atoms with Crippen molar-refractivity contribution in [3.05, 3.63) is 117 Å². The monoisotopic (exact) mass is 818 g/mol. The quantitative estimate of drug-likeness (QED) is 0.102. The van der Waals surface area contributed by atoms with Crippen molar-refractivity contribution in [2.75, 3.05) is 37.4 Å². The van der Waals surface area contributed by atoms with Crippen molar-refractivity contribution in [1.29, 1.82) is 0 Å². The number of aliphatic carboxylic acids is 1. The van der Waals surface area contributed by atoms with Gasteiger partial charge in [-0.05, 0) is 149 Å². The van der Waals surface area contributed by atoms with E-state index in [0.29, 0.717) is 39.8 Å². The van der Waals surface area contributed by atoms with Gasteiger partial charge in [0, 0.05) is 41.7 Å². The second-order valence-corrected chi connectivity index (χ2v) is 17.9. The molecule has 3 N–H and O–H groups in total. The van der Waals surface area contributed by atoms with Crippen molar-refractivity contribution in [3.63, 3.8) is 0 Å². The number of benzene rings is 3. The van der Waals surface area contributed by atoms with E-state index >= 15 is 0 Å². The Hall–Kier alpha value is -5.33. The predicted molar refractivity (Wildman–Crippen MR) is 229 cm³/mol. The molecular weight excluding hydrogens is 765 g/mol. The van der Waals surface area contributed by atoms with Crippen molar-refractivity contribution < 1.29 is 33.8 Å². The maximum absolute atomic E-state index is 14.0. The fourth-order valence-corrected chi connectivity index (χ4v) is 9.87. The average molecular weight is 819 g/mol. The number of carbonyl (C=O) groups is 5. The molecule has 3 fully saturated rings. The number of carboxylic acids is 1. The third kappa shape index (κ3) is 9.93.